The molecule has 8 nitrogen and oxygen atoms in total. The average molecular weight is 382 g/mol. The van der Waals surface area contributed by atoms with Crippen molar-refractivity contribution in [2.24, 2.45) is 0 Å². The van der Waals surface area contributed by atoms with E-state index in [9.17, 15) is 19.5 Å². The van der Waals surface area contributed by atoms with Crippen LogP contribution < -0.4 is 14.8 Å². The van der Waals surface area contributed by atoms with Gasteiger partial charge in [-0.1, -0.05) is 18.2 Å². The third kappa shape index (κ3) is 3.07. The van der Waals surface area contributed by atoms with E-state index in [2.05, 4.69) is 5.32 Å². The Morgan fingerprint density at radius 1 is 1.18 bits per heavy atom. The van der Waals surface area contributed by atoms with Crippen molar-refractivity contribution >= 4 is 23.5 Å². The number of hydrogen-bond donors (Lipinski definition) is 2. The summed E-state index contributed by atoms with van der Waals surface area (Å²) in [5.41, 5.74) is 0.797. The van der Waals surface area contributed by atoms with Gasteiger partial charge in [-0.2, -0.15) is 0 Å². The number of carbonyl (C=O) groups excluding carboxylic acids is 3. The van der Waals surface area contributed by atoms with Crippen molar-refractivity contribution in [2.45, 2.75) is 18.6 Å². The van der Waals surface area contributed by atoms with Crippen LogP contribution in [0.5, 0.6) is 11.5 Å². The molecule has 144 valence electrons. The van der Waals surface area contributed by atoms with Crippen LogP contribution in [-0.4, -0.2) is 53.6 Å². The number of aliphatic hydroxyl groups is 1. The van der Waals surface area contributed by atoms with Gasteiger partial charge in [0.05, 0.1) is 30.0 Å². The molecule has 0 aliphatic carbocycles. The van der Waals surface area contributed by atoms with Crippen molar-refractivity contribution in [1.82, 2.24) is 4.90 Å². The summed E-state index contributed by atoms with van der Waals surface area (Å²) in [5.74, 6) is -1.11. The molecular weight excluding hydrogens is 364 g/mol. The van der Waals surface area contributed by atoms with Gasteiger partial charge in [0.1, 0.15) is 6.04 Å². The lowest BCUT2D eigenvalue weighted by Gasteiger charge is -2.19. The van der Waals surface area contributed by atoms with Gasteiger partial charge in [0.2, 0.25) is 5.91 Å². The predicted octanol–water partition coefficient (Wildman–Crippen LogP) is 1.44. The highest BCUT2D eigenvalue weighted by molar-refractivity contribution is 6.11. The van der Waals surface area contributed by atoms with Crippen LogP contribution in [0, 0.1) is 0 Å². The zero-order valence-corrected chi connectivity index (χ0v) is 15.0. The van der Waals surface area contributed by atoms with Crippen molar-refractivity contribution < 1.29 is 29.0 Å². The smallest absolute Gasteiger partial charge is 0.343 e. The zero-order valence-electron chi connectivity index (χ0n) is 15.0. The topological polar surface area (TPSA) is 105 Å². The first-order valence-electron chi connectivity index (χ1n) is 8.77. The summed E-state index contributed by atoms with van der Waals surface area (Å²) in [6.07, 6.45) is -0.562. The fraction of sp³-hybridized carbons (Fsp3) is 0.250. The molecule has 8 heteroatoms. The van der Waals surface area contributed by atoms with Gasteiger partial charge in [0, 0.05) is 19.0 Å². The SMILES string of the molecule is COc1cc2c(cc1OC(=O)c1ccccc1)NC(=O)[C@@H]1CC(O)CN1C2=O. The van der Waals surface area contributed by atoms with E-state index in [1.807, 2.05) is 0 Å². The zero-order chi connectivity index (χ0) is 19.8. The molecule has 2 aliphatic heterocycles. The molecule has 1 unspecified atom stereocenters. The third-order valence-corrected chi connectivity index (χ3v) is 4.85. The molecule has 0 aromatic heterocycles. The lowest BCUT2D eigenvalue weighted by Crippen LogP contribution is -2.40. The molecule has 2 heterocycles. The molecule has 4 rings (SSSR count). The molecule has 2 atom stereocenters. The molecule has 1 saturated heterocycles. The molecule has 2 amide bonds. The maximum atomic E-state index is 12.9. The Morgan fingerprint density at radius 2 is 1.93 bits per heavy atom. The number of rotatable bonds is 3. The Labute approximate surface area is 160 Å². The first-order valence-corrected chi connectivity index (χ1v) is 8.77. The second-order valence-electron chi connectivity index (χ2n) is 6.66. The number of methoxy groups -OCH3 is 1. The molecule has 2 aromatic carbocycles. The number of aliphatic hydroxyl groups excluding tert-OH is 1. The van der Waals surface area contributed by atoms with Crippen molar-refractivity contribution in [2.75, 3.05) is 19.0 Å². The number of ether oxygens (including phenoxy) is 2. The van der Waals surface area contributed by atoms with E-state index in [-0.39, 0.29) is 35.7 Å². The van der Waals surface area contributed by atoms with E-state index in [4.69, 9.17) is 9.47 Å². The first-order chi connectivity index (χ1) is 13.5. The minimum absolute atomic E-state index is 0.0867. The number of hydrogen-bond acceptors (Lipinski definition) is 6. The van der Waals surface area contributed by atoms with Crippen LogP contribution >= 0.6 is 0 Å². The van der Waals surface area contributed by atoms with Crippen LogP contribution in [0.2, 0.25) is 0 Å². The lowest BCUT2D eigenvalue weighted by atomic mass is 10.1. The second kappa shape index (κ2) is 6.97. The Kier molecular flexibility index (Phi) is 4.48. The third-order valence-electron chi connectivity index (χ3n) is 4.85. The van der Waals surface area contributed by atoms with E-state index in [1.165, 1.54) is 24.1 Å². The highest BCUT2D eigenvalue weighted by atomic mass is 16.6. The van der Waals surface area contributed by atoms with Crippen LogP contribution in [0.15, 0.2) is 42.5 Å². The van der Waals surface area contributed by atoms with E-state index >= 15 is 0 Å². The number of nitrogens with one attached hydrogen (secondary N) is 1. The van der Waals surface area contributed by atoms with Crippen molar-refractivity contribution in [3.63, 3.8) is 0 Å². The highest BCUT2D eigenvalue weighted by Crippen LogP contribution is 2.37. The summed E-state index contributed by atoms with van der Waals surface area (Å²) in [6.45, 7) is 0.0867. The molecular formula is C20H18N2O6. The molecule has 0 saturated carbocycles. The lowest BCUT2D eigenvalue weighted by molar-refractivity contribution is -0.119. The number of benzene rings is 2. The van der Waals surface area contributed by atoms with Crippen molar-refractivity contribution in [3.8, 4) is 11.5 Å². The summed E-state index contributed by atoms with van der Waals surface area (Å²) in [6, 6.07) is 10.5. The van der Waals surface area contributed by atoms with Gasteiger partial charge in [-0.25, -0.2) is 4.79 Å². The molecule has 0 radical (unpaired) electrons. The second-order valence-corrected chi connectivity index (χ2v) is 6.66. The maximum absolute atomic E-state index is 12.9. The van der Waals surface area contributed by atoms with E-state index in [0.717, 1.165) is 0 Å². The van der Waals surface area contributed by atoms with E-state index in [1.54, 1.807) is 30.3 Å². The minimum atomic E-state index is -0.741. The van der Waals surface area contributed by atoms with E-state index < -0.39 is 29.9 Å². The normalized spacial score (nSPS) is 20.7. The number of amides is 2. The molecule has 1 fully saturated rings. The summed E-state index contributed by atoms with van der Waals surface area (Å²) in [7, 11) is 1.39. The molecule has 0 bridgehead atoms. The Bertz CT molecular complexity index is 959. The summed E-state index contributed by atoms with van der Waals surface area (Å²) in [4.78, 5) is 39.1. The molecule has 28 heavy (non-hydrogen) atoms. The van der Waals surface area contributed by atoms with E-state index in [0.29, 0.717) is 5.56 Å². The van der Waals surface area contributed by atoms with Crippen molar-refractivity contribution in [1.29, 1.82) is 0 Å². The molecule has 0 spiro atoms. The summed E-state index contributed by atoms with van der Waals surface area (Å²) in [5, 5.41) is 12.5. The number of nitrogens with zero attached hydrogens (tertiary/aromatic N) is 1. The van der Waals surface area contributed by atoms with Gasteiger partial charge < -0.3 is 24.8 Å². The van der Waals surface area contributed by atoms with Crippen LogP contribution in [0.4, 0.5) is 5.69 Å². The Hall–Kier alpha value is -3.39. The molecule has 2 aliphatic rings. The summed E-state index contributed by atoms with van der Waals surface area (Å²) >= 11 is 0. The van der Waals surface area contributed by atoms with Gasteiger partial charge in [-0.15, -0.1) is 0 Å². The maximum Gasteiger partial charge on any atom is 0.343 e. The van der Waals surface area contributed by atoms with Gasteiger partial charge in [0.25, 0.3) is 5.91 Å². The number of fused-ring (bicyclic) bond motifs is 2. The molecule has 2 aromatic rings. The average Bonchev–Trinajstić information content (AvgIpc) is 3.06. The van der Waals surface area contributed by atoms with Crippen LogP contribution in [0.3, 0.4) is 0 Å². The van der Waals surface area contributed by atoms with Crippen LogP contribution in [0.1, 0.15) is 27.1 Å². The number of esters is 1. The fourth-order valence-corrected chi connectivity index (χ4v) is 3.47. The number of anilines is 1. The summed E-state index contributed by atoms with van der Waals surface area (Å²) < 4.78 is 10.7. The fourth-order valence-electron chi connectivity index (χ4n) is 3.47. The Balaban J connectivity index is 1.70. The largest absolute Gasteiger partial charge is 0.493 e. The predicted molar refractivity (Wildman–Crippen MR) is 98.5 cm³/mol. The monoisotopic (exact) mass is 382 g/mol. The highest BCUT2D eigenvalue weighted by Gasteiger charge is 2.42. The molecule has 2 N–H and O–H groups in total. The first kappa shape index (κ1) is 18.0. The standard InChI is InChI=1S/C20H18N2O6/c1-27-16-8-13-14(9-17(16)28-20(26)11-5-3-2-4-6-11)21-18(24)15-7-12(23)10-22(15)19(13)25/h2-6,8-9,12,15,23H,7,10H2,1H3,(H,21,24)/t12?,15-/m0/s1. The minimum Gasteiger partial charge on any atom is -0.493 e. The Morgan fingerprint density at radius 3 is 2.64 bits per heavy atom. The van der Waals surface area contributed by atoms with Gasteiger partial charge in [-0.3, -0.25) is 9.59 Å². The van der Waals surface area contributed by atoms with Gasteiger partial charge >= 0.3 is 5.97 Å². The van der Waals surface area contributed by atoms with Gasteiger partial charge in [-0.05, 0) is 18.2 Å². The quantitative estimate of drug-likeness (QED) is 0.615. The van der Waals surface area contributed by atoms with Gasteiger partial charge in [0.15, 0.2) is 11.5 Å². The van der Waals surface area contributed by atoms with Crippen molar-refractivity contribution in [3.05, 3.63) is 53.6 Å². The number of carbonyl (C=O) groups is 3. The van der Waals surface area contributed by atoms with Crippen LogP contribution in [0.25, 0.3) is 0 Å². The van der Waals surface area contributed by atoms with Crippen LogP contribution in [-0.2, 0) is 4.79 Å².